The van der Waals surface area contributed by atoms with Crippen LogP contribution in [0, 0.1) is 11.8 Å². The van der Waals surface area contributed by atoms with Crippen molar-refractivity contribution in [1.82, 2.24) is 9.88 Å². The normalized spacial score (nSPS) is 18.3. The predicted octanol–water partition coefficient (Wildman–Crippen LogP) is 0.676. The molecule has 0 aliphatic carbocycles. The Hall–Kier alpha value is -1.90. The topological polar surface area (TPSA) is 62.7 Å². The SMILES string of the molecule is CC1CN(C(=O)c2ccc(C#CCCO)cn2)CCO1. The van der Waals surface area contributed by atoms with Gasteiger partial charge in [-0.2, -0.15) is 0 Å². The summed E-state index contributed by atoms with van der Waals surface area (Å²) < 4.78 is 5.42. The molecular weight excluding hydrogens is 256 g/mol. The molecule has 1 amide bonds. The lowest BCUT2D eigenvalue weighted by molar-refractivity contribution is -0.0126. The average Bonchev–Trinajstić information content (AvgIpc) is 2.47. The number of nitrogens with zero attached hydrogens (tertiary/aromatic N) is 2. The lowest BCUT2D eigenvalue weighted by Gasteiger charge is -2.30. The summed E-state index contributed by atoms with van der Waals surface area (Å²) in [7, 11) is 0. The van der Waals surface area contributed by atoms with E-state index in [1.807, 2.05) is 6.92 Å². The molecule has 1 aromatic rings. The summed E-state index contributed by atoms with van der Waals surface area (Å²) >= 11 is 0. The van der Waals surface area contributed by atoms with Crippen LogP contribution >= 0.6 is 0 Å². The first-order valence-electron chi connectivity index (χ1n) is 6.67. The Morgan fingerprint density at radius 3 is 3.10 bits per heavy atom. The van der Waals surface area contributed by atoms with Crippen molar-refractivity contribution in [2.24, 2.45) is 0 Å². The minimum Gasteiger partial charge on any atom is -0.395 e. The van der Waals surface area contributed by atoms with Gasteiger partial charge in [-0.3, -0.25) is 4.79 Å². The summed E-state index contributed by atoms with van der Waals surface area (Å²) in [5.74, 6) is 5.62. The minimum atomic E-state index is -0.0741. The molecule has 0 saturated carbocycles. The first-order valence-corrected chi connectivity index (χ1v) is 6.67. The van der Waals surface area contributed by atoms with Crippen LogP contribution in [0.2, 0.25) is 0 Å². The van der Waals surface area contributed by atoms with Crippen LogP contribution < -0.4 is 0 Å². The van der Waals surface area contributed by atoms with Crippen molar-refractivity contribution >= 4 is 5.91 Å². The molecule has 0 radical (unpaired) electrons. The molecule has 0 bridgehead atoms. The molecule has 2 rings (SSSR count). The van der Waals surface area contributed by atoms with Crippen molar-refractivity contribution in [3.8, 4) is 11.8 Å². The number of hydrogen-bond acceptors (Lipinski definition) is 4. The first kappa shape index (κ1) is 14.5. The smallest absolute Gasteiger partial charge is 0.272 e. The van der Waals surface area contributed by atoms with E-state index in [4.69, 9.17) is 9.84 Å². The van der Waals surface area contributed by atoms with Crippen molar-refractivity contribution in [2.45, 2.75) is 19.4 Å². The Morgan fingerprint density at radius 1 is 1.60 bits per heavy atom. The molecule has 1 N–H and O–H groups in total. The molecule has 5 heteroatoms. The number of aliphatic hydroxyl groups excluding tert-OH is 1. The summed E-state index contributed by atoms with van der Waals surface area (Å²) in [4.78, 5) is 18.2. The van der Waals surface area contributed by atoms with Crippen LogP contribution in [-0.4, -0.2) is 53.3 Å². The Kier molecular flexibility index (Phi) is 5.10. The highest BCUT2D eigenvalue weighted by atomic mass is 16.5. The second-order valence-corrected chi connectivity index (χ2v) is 4.64. The Bertz CT molecular complexity index is 516. The fourth-order valence-electron chi connectivity index (χ4n) is 1.98. The zero-order chi connectivity index (χ0) is 14.4. The van der Waals surface area contributed by atoms with Gasteiger partial charge in [0.25, 0.3) is 5.91 Å². The van der Waals surface area contributed by atoms with Gasteiger partial charge in [0, 0.05) is 31.3 Å². The number of morpholine rings is 1. The van der Waals surface area contributed by atoms with Gasteiger partial charge in [0.1, 0.15) is 5.69 Å². The van der Waals surface area contributed by atoms with E-state index in [1.165, 1.54) is 0 Å². The first-order chi connectivity index (χ1) is 9.70. The van der Waals surface area contributed by atoms with Gasteiger partial charge in [0.2, 0.25) is 0 Å². The van der Waals surface area contributed by atoms with Crippen molar-refractivity contribution in [3.05, 3.63) is 29.6 Å². The maximum Gasteiger partial charge on any atom is 0.272 e. The summed E-state index contributed by atoms with van der Waals surface area (Å²) in [5.41, 5.74) is 1.16. The molecule has 0 aromatic carbocycles. The maximum atomic E-state index is 12.3. The number of pyridine rings is 1. The monoisotopic (exact) mass is 274 g/mol. The number of rotatable bonds is 2. The van der Waals surface area contributed by atoms with Crippen LogP contribution in [-0.2, 0) is 4.74 Å². The Morgan fingerprint density at radius 2 is 2.45 bits per heavy atom. The number of hydrogen-bond donors (Lipinski definition) is 1. The zero-order valence-electron chi connectivity index (χ0n) is 11.5. The molecule has 0 spiro atoms. The zero-order valence-corrected chi connectivity index (χ0v) is 11.5. The van der Waals surface area contributed by atoms with Crippen molar-refractivity contribution < 1.29 is 14.6 Å². The fraction of sp³-hybridized carbons (Fsp3) is 0.467. The second-order valence-electron chi connectivity index (χ2n) is 4.64. The van der Waals surface area contributed by atoms with Gasteiger partial charge in [-0.25, -0.2) is 4.98 Å². The number of aromatic nitrogens is 1. The molecule has 1 aliphatic rings. The van der Waals surface area contributed by atoms with E-state index < -0.39 is 0 Å². The van der Waals surface area contributed by atoms with Gasteiger partial charge in [-0.05, 0) is 19.1 Å². The maximum absolute atomic E-state index is 12.3. The van der Waals surface area contributed by atoms with Crippen molar-refractivity contribution in [3.63, 3.8) is 0 Å². The average molecular weight is 274 g/mol. The van der Waals surface area contributed by atoms with Gasteiger partial charge in [-0.1, -0.05) is 11.8 Å². The number of amides is 1. The third-order valence-corrected chi connectivity index (χ3v) is 2.98. The standard InChI is InChI=1S/C15H18N2O3/c1-12-11-17(7-9-20-12)15(19)14-6-5-13(10-16-14)4-2-3-8-18/h5-6,10,12,18H,3,7-9,11H2,1H3. The molecule has 20 heavy (non-hydrogen) atoms. The van der Waals surface area contributed by atoms with Crippen LogP contribution in [0.25, 0.3) is 0 Å². The summed E-state index contributed by atoms with van der Waals surface area (Å²) in [6, 6.07) is 3.46. The molecule has 1 aliphatic heterocycles. The molecule has 5 nitrogen and oxygen atoms in total. The molecule has 106 valence electrons. The quantitative estimate of drug-likeness (QED) is 0.805. The van der Waals surface area contributed by atoms with Crippen LogP contribution in [0.15, 0.2) is 18.3 Å². The number of carbonyl (C=O) groups is 1. The van der Waals surface area contributed by atoms with E-state index in [-0.39, 0.29) is 18.6 Å². The lowest BCUT2D eigenvalue weighted by Crippen LogP contribution is -2.44. The molecule has 1 unspecified atom stereocenters. The van der Waals surface area contributed by atoms with Crippen molar-refractivity contribution in [1.29, 1.82) is 0 Å². The highest BCUT2D eigenvalue weighted by Crippen LogP contribution is 2.09. The van der Waals surface area contributed by atoms with E-state index >= 15 is 0 Å². The number of ether oxygens (including phenoxy) is 1. The Labute approximate surface area is 118 Å². The van der Waals surface area contributed by atoms with Gasteiger partial charge in [0.15, 0.2) is 0 Å². The largest absolute Gasteiger partial charge is 0.395 e. The van der Waals surface area contributed by atoms with E-state index in [1.54, 1.807) is 23.2 Å². The minimum absolute atomic E-state index is 0.0478. The molecule has 1 aromatic heterocycles. The van der Waals surface area contributed by atoms with Crippen LogP contribution in [0.5, 0.6) is 0 Å². The van der Waals surface area contributed by atoms with E-state index in [0.29, 0.717) is 31.8 Å². The highest BCUT2D eigenvalue weighted by Gasteiger charge is 2.23. The highest BCUT2D eigenvalue weighted by molar-refractivity contribution is 5.92. The van der Waals surface area contributed by atoms with E-state index in [9.17, 15) is 4.79 Å². The van der Waals surface area contributed by atoms with Crippen molar-refractivity contribution in [2.75, 3.05) is 26.3 Å². The van der Waals surface area contributed by atoms with Gasteiger partial charge in [0.05, 0.1) is 19.3 Å². The van der Waals surface area contributed by atoms with Crippen LogP contribution in [0.1, 0.15) is 29.4 Å². The number of carbonyl (C=O) groups excluding carboxylic acids is 1. The fourth-order valence-corrected chi connectivity index (χ4v) is 1.98. The summed E-state index contributed by atoms with van der Waals surface area (Å²) in [5, 5.41) is 8.65. The molecule has 1 fully saturated rings. The predicted molar refractivity (Wildman–Crippen MR) is 74.1 cm³/mol. The molecule has 1 saturated heterocycles. The summed E-state index contributed by atoms with van der Waals surface area (Å²) in [6.07, 6.45) is 2.09. The molecular formula is C15H18N2O3. The Balaban J connectivity index is 2.02. The lowest BCUT2D eigenvalue weighted by atomic mass is 10.2. The second kappa shape index (κ2) is 7.04. The van der Waals surface area contributed by atoms with Crippen LogP contribution in [0.3, 0.4) is 0 Å². The van der Waals surface area contributed by atoms with Gasteiger partial charge < -0.3 is 14.7 Å². The molecule has 1 atom stereocenters. The molecule has 2 heterocycles. The van der Waals surface area contributed by atoms with Crippen LogP contribution in [0.4, 0.5) is 0 Å². The van der Waals surface area contributed by atoms with E-state index in [0.717, 1.165) is 5.56 Å². The van der Waals surface area contributed by atoms with Gasteiger partial charge in [-0.15, -0.1) is 0 Å². The number of aliphatic hydroxyl groups is 1. The third-order valence-electron chi connectivity index (χ3n) is 2.98. The third kappa shape index (κ3) is 3.80. The van der Waals surface area contributed by atoms with E-state index in [2.05, 4.69) is 16.8 Å². The summed E-state index contributed by atoms with van der Waals surface area (Å²) in [6.45, 7) is 3.76. The van der Waals surface area contributed by atoms with Gasteiger partial charge >= 0.3 is 0 Å².